The van der Waals surface area contributed by atoms with Crippen LogP contribution in [-0.2, 0) is 4.79 Å². The van der Waals surface area contributed by atoms with Gasteiger partial charge in [0.25, 0.3) is 0 Å². The minimum absolute atomic E-state index is 0.0186. The molecule has 1 fully saturated rings. The Hall–Kier alpha value is -2.62. The predicted molar refractivity (Wildman–Crippen MR) is 80.2 cm³/mol. The van der Waals surface area contributed by atoms with E-state index in [1.807, 2.05) is 54.6 Å². The van der Waals surface area contributed by atoms with Crippen LogP contribution in [0.25, 0.3) is 11.1 Å². The highest BCUT2D eigenvalue weighted by atomic mass is 16.3. The smallest absolute Gasteiger partial charge is 0.227 e. The molecular weight excluding hydrogens is 264 g/mol. The predicted octanol–water partition coefficient (Wildman–Crippen LogP) is 3.35. The van der Waals surface area contributed by atoms with Gasteiger partial charge in [-0.3, -0.25) is 4.79 Å². The lowest BCUT2D eigenvalue weighted by Gasteiger charge is -2.15. The number of aromatic nitrogens is 1. The van der Waals surface area contributed by atoms with Gasteiger partial charge in [-0.1, -0.05) is 30.3 Å². The molecular formula is C17H14N2O2. The molecule has 4 heteroatoms. The summed E-state index contributed by atoms with van der Waals surface area (Å²) in [5.74, 6) is 0.793. The van der Waals surface area contributed by atoms with Gasteiger partial charge in [-0.25, -0.2) is 4.98 Å². The maximum absolute atomic E-state index is 12.2. The van der Waals surface area contributed by atoms with Crippen molar-refractivity contribution in [2.75, 3.05) is 11.4 Å². The van der Waals surface area contributed by atoms with Gasteiger partial charge in [0.1, 0.15) is 5.52 Å². The molecule has 4 nitrogen and oxygen atoms in total. The molecule has 104 valence electrons. The van der Waals surface area contributed by atoms with Gasteiger partial charge in [0.15, 0.2) is 5.58 Å². The van der Waals surface area contributed by atoms with Gasteiger partial charge in [0, 0.05) is 18.7 Å². The van der Waals surface area contributed by atoms with Crippen LogP contribution in [0.2, 0.25) is 0 Å². The van der Waals surface area contributed by atoms with Gasteiger partial charge in [0.05, 0.1) is 5.92 Å². The third-order valence-electron chi connectivity index (χ3n) is 3.85. The van der Waals surface area contributed by atoms with Crippen LogP contribution in [0.3, 0.4) is 0 Å². The Kier molecular flexibility index (Phi) is 2.74. The van der Waals surface area contributed by atoms with Gasteiger partial charge < -0.3 is 9.32 Å². The normalized spacial score (nSPS) is 18.6. The summed E-state index contributed by atoms with van der Waals surface area (Å²) < 4.78 is 5.79. The zero-order valence-electron chi connectivity index (χ0n) is 11.4. The summed E-state index contributed by atoms with van der Waals surface area (Å²) in [6.07, 6.45) is 0.446. The zero-order valence-corrected chi connectivity index (χ0v) is 11.4. The molecule has 0 saturated carbocycles. The highest BCUT2D eigenvalue weighted by Gasteiger charge is 2.34. The Labute approximate surface area is 122 Å². The fourth-order valence-electron chi connectivity index (χ4n) is 2.80. The number of benzene rings is 2. The Morgan fingerprint density at radius 3 is 2.62 bits per heavy atom. The number of anilines is 1. The molecule has 1 aliphatic rings. The van der Waals surface area contributed by atoms with Crippen LogP contribution in [0, 0.1) is 0 Å². The van der Waals surface area contributed by atoms with E-state index in [0.717, 1.165) is 16.8 Å². The first-order valence-electron chi connectivity index (χ1n) is 7.02. The summed E-state index contributed by atoms with van der Waals surface area (Å²) in [6, 6.07) is 17.4. The zero-order chi connectivity index (χ0) is 14.2. The van der Waals surface area contributed by atoms with Crippen molar-refractivity contribution in [3.05, 3.63) is 60.5 Å². The lowest BCUT2D eigenvalue weighted by Crippen LogP contribution is -2.24. The Bertz CT molecular complexity index is 762. The van der Waals surface area contributed by atoms with E-state index >= 15 is 0 Å². The van der Waals surface area contributed by atoms with E-state index in [-0.39, 0.29) is 11.8 Å². The third-order valence-corrected chi connectivity index (χ3v) is 3.85. The first-order valence-corrected chi connectivity index (χ1v) is 7.02. The average molecular weight is 278 g/mol. The first-order chi connectivity index (χ1) is 10.3. The second-order valence-corrected chi connectivity index (χ2v) is 5.26. The Balaban J connectivity index is 1.64. The van der Waals surface area contributed by atoms with Crippen LogP contribution < -0.4 is 4.90 Å². The molecule has 21 heavy (non-hydrogen) atoms. The van der Waals surface area contributed by atoms with E-state index < -0.39 is 0 Å². The summed E-state index contributed by atoms with van der Waals surface area (Å²) in [5.41, 5.74) is 2.55. The number of hydrogen-bond acceptors (Lipinski definition) is 3. The quantitative estimate of drug-likeness (QED) is 0.722. The monoisotopic (exact) mass is 278 g/mol. The second kappa shape index (κ2) is 4.74. The highest BCUT2D eigenvalue weighted by Crippen LogP contribution is 2.32. The number of hydrogen-bond donors (Lipinski definition) is 0. The molecule has 4 rings (SSSR count). The maximum atomic E-state index is 12.2. The lowest BCUT2D eigenvalue weighted by atomic mass is 10.1. The van der Waals surface area contributed by atoms with Gasteiger partial charge in [-0.15, -0.1) is 0 Å². The number of fused-ring (bicyclic) bond motifs is 1. The molecule has 0 radical (unpaired) electrons. The average Bonchev–Trinajstić information content (AvgIpc) is 3.11. The largest absolute Gasteiger partial charge is 0.440 e. The molecule has 1 aromatic heterocycles. The minimum atomic E-state index is 0.0186. The molecule has 2 aromatic carbocycles. The number of carbonyl (C=O) groups is 1. The van der Waals surface area contributed by atoms with E-state index in [4.69, 9.17) is 4.42 Å². The summed E-state index contributed by atoms with van der Waals surface area (Å²) in [5, 5.41) is 0. The van der Waals surface area contributed by atoms with Crippen molar-refractivity contribution in [1.29, 1.82) is 0 Å². The lowest BCUT2D eigenvalue weighted by molar-refractivity contribution is -0.117. The third kappa shape index (κ3) is 2.09. The molecule has 1 aliphatic heterocycles. The van der Waals surface area contributed by atoms with Gasteiger partial charge in [-0.2, -0.15) is 0 Å². The maximum Gasteiger partial charge on any atom is 0.227 e. The number of carbonyl (C=O) groups excluding carboxylic acids is 1. The topological polar surface area (TPSA) is 46.3 Å². The van der Waals surface area contributed by atoms with Crippen LogP contribution in [0.1, 0.15) is 18.2 Å². The van der Waals surface area contributed by atoms with Crippen molar-refractivity contribution in [3.63, 3.8) is 0 Å². The summed E-state index contributed by atoms with van der Waals surface area (Å²) >= 11 is 0. The van der Waals surface area contributed by atoms with Crippen LogP contribution in [-0.4, -0.2) is 17.4 Å². The van der Waals surface area contributed by atoms with Crippen LogP contribution in [0.5, 0.6) is 0 Å². The molecule has 2 heterocycles. The minimum Gasteiger partial charge on any atom is -0.440 e. The molecule has 0 bridgehead atoms. The summed E-state index contributed by atoms with van der Waals surface area (Å²) in [6.45, 7) is 0.621. The van der Waals surface area contributed by atoms with Gasteiger partial charge in [0.2, 0.25) is 11.8 Å². The van der Waals surface area contributed by atoms with Crippen LogP contribution in [0.15, 0.2) is 59.0 Å². The molecule has 0 aliphatic carbocycles. The van der Waals surface area contributed by atoms with E-state index in [0.29, 0.717) is 18.9 Å². The number of para-hydroxylation sites is 3. The SMILES string of the molecule is O=C1C[C@H](c2nc3ccccc3o2)CN1c1ccccc1. The number of nitrogens with zero attached hydrogens (tertiary/aromatic N) is 2. The van der Waals surface area contributed by atoms with Crippen LogP contribution in [0.4, 0.5) is 5.69 Å². The Morgan fingerprint density at radius 2 is 1.81 bits per heavy atom. The van der Waals surface area contributed by atoms with E-state index in [1.165, 1.54) is 0 Å². The number of rotatable bonds is 2. The number of oxazole rings is 1. The molecule has 0 N–H and O–H groups in total. The van der Waals surface area contributed by atoms with Gasteiger partial charge in [-0.05, 0) is 24.3 Å². The standard InChI is InChI=1S/C17H14N2O2/c20-16-10-12(11-19(16)13-6-2-1-3-7-13)17-18-14-8-4-5-9-15(14)21-17/h1-9,12H,10-11H2/t12-/m0/s1. The van der Waals surface area contributed by atoms with Crippen LogP contribution >= 0.6 is 0 Å². The van der Waals surface area contributed by atoms with E-state index in [1.54, 1.807) is 4.90 Å². The number of amides is 1. The van der Waals surface area contributed by atoms with Crippen molar-refractivity contribution < 1.29 is 9.21 Å². The van der Waals surface area contributed by atoms with Gasteiger partial charge >= 0.3 is 0 Å². The second-order valence-electron chi connectivity index (χ2n) is 5.26. The first kappa shape index (κ1) is 12.1. The molecule has 1 atom stereocenters. The van der Waals surface area contributed by atoms with Crippen molar-refractivity contribution in [2.24, 2.45) is 0 Å². The highest BCUT2D eigenvalue weighted by molar-refractivity contribution is 5.96. The van der Waals surface area contributed by atoms with Crippen molar-refractivity contribution in [1.82, 2.24) is 4.98 Å². The summed E-state index contributed by atoms with van der Waals surface area (Å²) in [4.78, 5) is 18.5. The van der Waals surface area contributed by atoms with E-state index in [2.05, 4.69) is 4.98 Å². The Morgan fingerprint density at radius 1 is 1.05 bits per heavy atom. The molecule has 1 amide bonds. The van der Waals surface area contributed by atoms with Crippen molar-refractivity contribution >= 4 is 22.7 Å². The fraction of sp³-hybridized carbons (Fsp3) is 0.176. The summed E-state index contributed by atoms with van der Waals surface area (Å²) in [7, 11) is 0. The van der Waals surface area contributed by atoms with E-state index in [9.17, 15) is 4.79 Å². The molecule has 0 unspecified atom stereocenters. The van der Waals surface area contributed by atoms with Crippen molar-refractivity contribution in [3.8, 4) is 0 Å². The molecule has 0 spiro atoms. The molecule has 3 aromatic rings. The molecule has 1 saturated heterocycles. The fourth-order valence-corrected chi connectivity index (χ4v) is 2.80. The van der Waals surface area contributed by atoms with Crippen molar-refractivity contribution in [2.45, 2.75) is 12.3 Å².